The van der Waals surface area contributed by atoms with E-state index in [0.29, 0.717) is 17.0 Å². The number of nitrogens with one attached hydrogen (secondary N) is 1. The fraction of sp³-hybridized carbons (Fsp3) is 0.200. The predicted octanol–water partition coefficient (Wildman–Crippen LogP) is 3.95. The molecule has 0 aromatic heterocycles. The molecule has 1 unspecified atom stereocenters. The molecule has 0 amide bonds. The standard InChI is InChI=1S/C15H16ClFN2S/c1-20-13-5-2-10(3-6-13)15(19-18)9-11-8-12(16)4-7-14(11)17/h2-8,15,19H,9,18H2,1H3. The van der Waals surface area contributed by atoms with E-state index in [0.717, 1.165) is 5.56 Å². The Labute approximate surface area is 127 Å². The highest BCUT2D eigenvalue weighted by Crippen LogP contribution is 2.24. The Hall–Kier alpha value is -1.07. The van der Waals surface area contributed by atoms with Gasteiger partial charge in [0.25, 0.3) is 0 Å². The molecule has 2 rings (SSSR count). The minimum absolute atomic E-state index is 0.154. The van der Waals surface area contributed by atoms with Crippen LogP contribution in [0, 0.1) is 5.82 Å². The molecule has 20 heavy (non-hydrogen) atoms. The Morgan fingerprint density at radius 3 is 2.55 bits per heavy atom. The number of hydrogen-bond acceptors (Lipinski definition) is 3. The van der Waals surface area contributed by atoms with Gasteiger partial charge < -0.3 is 0 Å². The van der Waals surface area contributed by atoms with Gasteiger partial charge in [0.1, 0.15) is 5.82 Å². The summed E-state index contributed by atoms with van der Waals surface area (Å²) in [4.78, 5) is 1.18. The van der Waals surface area contributed by atoms with Crippen molar-refractivity contribution in [3.8, 4) is 0 Å². The molecule has 0 saturated carbocycles. The first kappa shape index (κ1) is 15.3. The zero-order valence-electron chi connectivity index (χ0n) is 11.1. The number of benzene rings is 2. The SMILES string of the molecule is CSc1ccc(C(Cc2cc(Cl)ccc2F)NN)cc1. The summed E-state index contributed by atoms with van der Waals surface area (Å²) < 4.78 is 13.8. The van der Waals surface area contributed by atoms with E-state index in [1.807, 2.05) is 30.5 Å². The Bertz CT molecular complexity index is 575. The van der Waals surface area contributed by atoms with Crippen LogP contribution in [0.1, 0.15) is 17.2 Å². The van der Waals surface area contributed by atoms with Crippen LogP contribution in [0.2, 0.25) is 5.02 Å². The fourth-order valence-corrected chi connectivity index (χ4v) is 2.63. The summed E-state index contributed by atoms with van der Waals surface area (Å²) in [6, 6.07) is 12.5. The number of hydrazine groups is 1. The Kier molecular flexibility index (Phi) is 5.43. The second-order valence-corrected chi connectivity index (χ2v) is 5.75. The van der Waals surface area contributed by atoms with Crippen molar-refractivity contribution in [2.75, 3.05) is 6.26 Å². The lowest BCUT2D eigenvalue weighted by atomic mass is 9.99. The third kappa shape index (κ3) is 3.73. The quantitative estimate of drug-likeness (QED) is 0.499. The zero-order chi connectivity index (χ0) is 14.5. The van der Waals surface area contributed by atoms with Crippen molar-refractivity contribution in [2.45, 2.75) is 17.4 Å². The van der Waals surface area contributed by atoms with Crippen molar-refractivity contribution in [3.63, 3.8) is 0 Å². The van der Waals surface area contributed by atoms with Crippen LogP contribution in [0.15, 0.2) is 47.4 Å². The summed E-state index contributed by atoms with van der Waals surface area (Å²) >= 11 is 7.58. The third-order valence-electron chi connectivity index (χ3n) is 3.15. The Morgan fingerprint density at radius 2 is 1.95 bits per heavy atom. The number of halogens is 2. The molecule has 2 aromatic rings. The normalized spacial score (nSPS) is 12.4. The number of hydrogen-bond donors (Lipinski definition) is 2. The molecule has 1 atom stereocenters. The summed E-state index contributed by atoms with van der Waals surface area (Å²) in [5.41, 5.74) is 4.30. The van der Waals surface area contributed by atoms with Gasteiger partial charge in [-0.1, -0.05) is 23.7 Å². The summed E-state index contributed by atoms with van der Waals surface area (Å²) in [7, 11) is 0. The van der Waals surface area contributed by atoms with Gasteiger partial charge in [-0.15, -0.1) is 11.8 Å². The van der Waals surface area contributed by atoms with Gasteiger partial charge in [0.05, 0.1) is 6.04 Å². The average molecular weight is 311 g/mol. The van der Waals surface area contributed by atoms with Gasteiger partial charge in [-0.3, -0.25) is 11.3 Å². The highest BCUT2D eigenvalue weighted by molar-refractivity contribution is 7.98. The lowest BCUT2D eigenvalue weighted by Crippen LogP contribution is -2.29. The molecule has 0 aliphatic rings. The summed E-state index contributed by atoms with van der Waals surface area (Å²) in [6.45, 7) is 0. The maximum absolute atomic E-state index is 13.8. The van der Waals surface area contributed by atoms with Crippen LogP contribution in [0.4, 0.5) is 4.39 Å². The molecule has 0 spiro atoms. The molecule has 2 nitrogen and oxygen atoms in total. The maximum Gasteiger partial charge on any atom is 0.126 e. The lowest BCUT2D eigenvalue weighted by Gasteiger charge is -2.17. The molecule has 2 aromatic carbocycles. The van der Waals surface area contributed by atoms with Crippen molar-refractivity contribution >= 4 is 23.4 Å². The minimum Gasteiger partial charge on any atom is -0.271 e. The molecule has 0 aliphatic heterocycles. The molecule has 0 saturated heterocycles. The lowest BCUT2D eigenvalue weighted by molar-refractivity contribution is 0.529. The molecule has 0 bridgehead atoms. The van der Waals surface area contributed by atoms with E-state index < -0.39 is 0 Å². The molecule has 5 heteroatoms. The molecule has 0 heterocycles. The van der Waals surface area contributed by atoms with E-state index >= 15 is 0 Å². The van der Waals surface area contributed by atoms with Crippen LogP contribution in [-0.2, 0) is 6.42 Å². The molecular formula is C15H16ClFN2S. The number of rotatable bonds is 5. The molecular weight excluding hydrogens is 295 g/mol. The van der Waals surface area contributed by atoms with Gasteiger partial charge in [0.2, 0.25) is 0 Å². The third-order valence-corrected chi connectivity index (χ3v) is 4.13. The summed E-state index contributed by atoms with van der Waals surface area (Å²) in [5.74, 6) is 5.33. The number of thioether (sulfide) groups is 1. The average Bonchev–Trinajstić information content (AvgIpc) is 2.48. The second-order valence-electron chi connectivity index (χ2n) is 4.43. The van der Waals surface area contributed by atoms with E-state index in [-0.39, 0.29) is 11.9 Å². The van der Waals surface area contributed by atoms with Crippen LogP contribution in [0.25, 0.3) is 0 Å². The predicted molar refractivity (Wildman–Crippen MR) is 83.4 cm³/mol. The zero-order valence-corrected chi connectivity index (χ0v) is 12.6. The van der Waals surface area contributed by atoms with Crippen LogP contribution in [-0.4, -0.2) is 6.26 Å². The van der Waals surface area contributed by atoms with Crippen LogP contribution in [0.5, 0.6) is 0 Å². The monoisotopic (exact) mass is 310 g/mol. The van der Waals surface area contributed by atoms with Gasteiger partial charge in [0.15, 0.2) is 0 Å². The van der Waals surface area contributed by atoms with Gasteiger partial charge in [-0.05, 0) is 54.1 Å². The number of nitrogens with two attached hydrogens (primary N) is 1. The van der Waals surface area contributed by atoms with Gasteiger partial charge in [0, 0.05) is 9.92 Å². The molecule has 106 valence electrons. The van der Waals surface area contributed by atoms with E-state index in [9.17, 15) is 4.39 Å². The van der Waals surface area contributed by atoms with Gasteiger partial charge >= 0.3 is 0 Å². The molecule has 3 N–H and O–H groups in total. The highest BCUT2D eigenvalue weighted by atomic mass is 35.5. The smallest absolute Gasteiger partial charge is 0.126 e. The Morgan fingerprint density at radius 1 is 1.25 bits per heavy atom. The largest absolute Gasteiger partial charge is 0.271 e. The topological polar surface area (TPSA) is 38.0 Å². The van der Waals surface area contributed by atoms with E-state index in [2.05, 4.69) is 5.43 Å². The first-order valence-electron chi connectivity index (χ1n) is 6.18. The highest BCUT2D eigenvalue weighted by Gasteiger charge is 2.13. The van der Waals surface area contributed by atoms with Crippen molar-refractivity contribution < 1.29 is 4.39 Å². The van der Waals surface area contributed by atoms with Crippen molar-refractivity contribution in [2.24, 2.45) is 5.84 Å². The van der Waals surface area contributed by atoms with Crippen molar-refractivity contribution in [1.82, 2.24) is 5.43 Å². The summed E-state index contributed by atoms with van der Waals surface area (Å²) in [6.07, 6.45) is 2.47. The van der Waals surface area contributed by atoms with Gasteiger partial charge in [-0.25, -0.2) is 4.39 Å². The first-order valence-corrected chi connectivity index (χ1v) is 7.78. The second kappa shape index (κ2) is 7.09. The fourth-order valence-electron chi connectivity index (χ4n) is 2.03. The minimum atomic E-state index is -0.268. The van der Waals surface area contributed by atoms with Crippen molar-refractivity contribution in [1.29, 1.82) is 0 Å². The Balaban J connectivity index is 2.21. The van der Waals surface area contributed by atoms with Crippen LogP contribution < -0.4 is 11.3 Å². The van der Waals surface area contributed by atoms with Crippen LogP contribution >= 0.6 is 23.4 Å². The summed E-state index contributed by atoms with van der Waals surface area (Å²) in [5, 5.41) is 0.523. The van der Waals surface area contributed by atoms with E-state index in [1.165, 1.54) is 11.0 Å². The molecule has 0 aliphatic carbocycles. The van der Waals surface area contributed by atoms with Crippen LogP contribution in [0.3, 0.4) is 0 Å². The molecule has 0 fully saturated rings. The maximum atomic E-state index is 13.8. The van der Waals surface area contributed by atoms with E-state index in [4.69, 9.17) is 17.4 Å². The first-order chi connectivity index (χ1) is 9.63. The van der Waals surface area contributed by atoms with Crippen molar-refractivity contribution in [3.05, 3.63) is 64.4 Å². The van der Waals surface area contributed by atoms with Gasteiger partial charge in [-0.2, -0.15) is 0 Å². The van der Waals surface area contributed by atoms with E-state index in [1.54, 1.807) is 23.9 Å². The molecule has 0 radical (unpaired) electrons.